The average Bonchev–Trinajstić information content (AvgIpc) is 3.34. The van der Waals surface area contributed by atoms with E-state index < -0.39 is 0 Å². The van der Waals surface area contributed by atoms with Crippen molar-refractivity contribution in [3.05, 3.63) is 102 Å². The summed E-state index contributed by atoms with van der Waals surface area (Å²) in [4.78, 5) is 12.6. The van der Waals surface area contributed by atoms with E-state index in [2.05, 4.69) is 41.7 Å². The lowest BCUT2D eigenvalue weighted by Gasteiger charge is -2.12. The fraction of sp³-hybridized carbons (Fsp3) is 0.267. The topological polar surface area (TPSA) is 50.7 Å². The lowest BCUT2D eigenvalue weighted by Crippen LogP contribution is -2.19. The van der Waals surface area contributed by atoms with E-state index in [0.717, 1.165) is 47.4 Å². The second-order valence-electron chi connectivity index (χ2n) is 8.57. The van der Waals surface area contributed by atoms with Gasteiger partial charge in [0, 0.05) is 11.1 Å². The molecule has 0 saturated carbocycles. The van der Waals surface area contributed by atoms with Gasteiger partial charge < -0.3 is 4.74 Å². The molecular formula is C30H32N2O2. The Morgan fingerprint density at radius 3 is 2.50 bits per heavy atom. The van der Waals surface area contributed by atoms with Crippen LogP contribution in [-0.2, 0) is 6.61 Å². The zero-order chi connectivity index (χ0) is 23.6. The molecule has 34 heavy (non-hydrogen) atoms. The minimum atomic E-state index is -0.186. The van der Waals surface area contributed by atoms with E-state index in [1.165, 1.54) is 24.8 Å². The Kier molecular flexibility index (Phi) is 8.28. The first-order valence-electron chi connectivity index (χ1n) is 12.2. The standard InChI is InChI=1S/C30H32N2O2/c1-2-3-5-13-25-14-10-16-28(25)31-32-30(33)26-20-18-23(19-21-26)22-34-29-17-9-8-15-27(29)24-11-6-4-7-12-24/h4,6-9,11-12,14-15,17-21H,2-3,5,10,13,16,22H2,1H3,(H,32,33). The number of hydrogen-bond donors (Lipinski definition) is 1. The molecule has 0 aromatic heterocycles. The van der Waals surface area contributed by atoms with Gasteiger partial charge in [0.1, 0.15) is 12.4 Å². The molecule has 4 rings (SSSR count). The van der Waals surface area contributed by atoms with Crippen LogP contribution in [0, 0.1) is 0 Å². The monoisotopic (exact) mass is 452 g/mol. The highest BCUT2D eigenvalue weighted by Gasteiger charge is 2.14. The number of carbonyl (C=O) groups excluding carboxylic acids is 1. The van der Waals surface area contributed by atoms with Crippen molar-refractivity contribution in [2.45, 2.75) is 52.1 Å². The Balaban J connectivity index is 1.33. The van der Waals surface area contributed by atoms with E-state index in [-0.39, 0.29) is 5.91 Å². The molecule has 0 bridgehead atoms. The Bertz CT molecular complexity index is 1150. The molecule has 0 atom stereocenters. The number of nitrogens with zero attached hydrogens (tertiary/aromatic N) is 1. The number of para-hydroxylation sites is 1. The van der Waals surface area contributed by atoms with Crippen molar-refractivity contribution in [3.63, 3.8) is 0 Å². The van der Waals surface area contributed by atoms with Gasteiger partial charge in [0.15, 0.2) is 0 Å². The second kappa shape index (κ2) is 12.0. The maximum atomic E-state index is 12.6. The molecule has 4 nitrogen and oxygen atoms in total. The van der Waals surface area contributed by atoms with Crippen molar-refractivity contribution in [1.82, 2.24) is 5.43 Å². The first-order valence-corrected chi connectivity index (χ1v) is 12.2. The number of nitrogens with one attached hydrogen (secondary N) is 1. The van der Waals surface area contributed by atoms with E-state index in [0.29, 0.717) is 12.2 Å². The van der Waals surface area contributed by atoms with Crippen molar-refractivity contribution in [3.8, 4) is 16.9 Å². The molecule has 3 aromatic carbocycles. The van der Waals surface area contributed by atoms with Crippen LogP contribution in [0.4, 0.5) is 0 Å². The second-order valence-corrected chi connectivity index (χ2v) is 8.57. The number of ether oxygens (including phenoxy) is 1. The predicted molar refractivity (Wildman–Crippen MR) is 139 cm³/mol. The summed E-state index contributed by atoms with van der Waals surface area (Å²) < 4.78 is 6.12. The molecule has 0 spiro atoms. The number of rotatable bonds is 10. The van der Waals surface area contributed by atoms with E-state index in [4.69, 9.17) is 4.74 Å². The molecule has 0 fully saturated rings. The molecule has 0 radical (unpaired) electrons. The SMILES string of the molecule is CCCCCC1=CCCC1=NNC(=O)c1ccc(COc2ccccc2-c2ccccc2)cc1. The number of allylic oxidation sites excluding steroid dienone is 2. The van der Waals surface area contributed by atoms with Crippen LogP contribution < -0.4 is 10.2 Å². The van der Waals surface area contributed by atoms with E-state index in [9.17, 15) is 4.79 Å². The van der Waals surface area contributed by atoms with Gasteiger partial charge in [-0.25, -0.2) is 5.43 Å². The van der Waals surface area contributed by atoms with Crippen LogP contribution in [0.25, 0.3) is 11.1 Å². The predicted octanol–water partition coefficient (Wildman–Crippen LogP) is 7.32. The Morgan fingerprint density at radius 2 is 1.71 bits per heavy atom. The maximum absolute atomic E-state index is 12.6. The van der Waals surface area contributed by atoms with Gasteiger partial charge >= 0.3 is 0 Å². The summed E-state index contributed by atoms with van der Waals surface area (Å²) >= 11 is 0. The van der Waals surface area contributed by atoms with Crippen LogP contribution >= 0.6 is 0 Å². The van der Waals surface area contributed by atoms with Gasteiger partial charge in [-0.2, -0.15) is 5.10 Å². The van der Waals surface area contributed by atoms with Crippen LogP contribution in [0.5, 0.6) is 5.75 Å². The molecular weight excluding hydrogens is 420 g/mol. The summed E-state index contributed by atoms with van der Waals surface area (Å²) in [5.74, 6) is 0.653. The van der Waals surface area contributed by atoms with Gasteiger partial charge in [0.05, 0.1) is 5.71 Å². The molecule has 0 heterocycles. The number of hydrazone groups is 1. The van der Waals surface area contributed by atoms with Crippen LogP contribution in [-0.4, -0.2) is 11.6 Å². The highest BCUT2D eigenvalue weighted by atomic mass is 16.5. The summed E-state index contributed by atoms with van der Waals surface area (Å²) in [5.41, 5.74) is 8.83. The van der Waals surface area contributed by atoms with Crippen LogP contribution in [0.3, 0.4) is 0 Å². The molecule has 1 N–H and O–H groups in total. The first kappa shape index (κ1) is 23.5. The summed E-state index contributed by atoms with van der Waals surface area (Å²) in [7, 11) is 0. The van der Waals surface area contributed by atoms with Crippen LogP contribution in [0.2, 0.25) is 0 Å². The van der Waals surface area contributed by atoms with Crippen molar-refractivity contribution in [1.29, 1.82) is 0 Å². The molecule has 174 valence electrons. The van der Waals surface area contributed by atoms with Gasteiger partial charge in [-0.15, -0.1) is 0 Å². The number of unbranched alkanes of at least 4 members (excludes halogenated alkanes) is 2. The average molecular weight is 453 g/mol. The Morgan fingerprint density at radius 1 is 0.941 bits per heavy atom. The van der Waals surface area contributed by atoms with Crippen molar-refractivity contribution < 1.29 is 9.53 Å². The maximum Gasteiger partial charge on any atom is 0.271 e. The quantitative estimate of drug-likeness (QED) is 0.259. The zero-order valence-corrected chi connectivity index (χ0v) is 19.8. The third-order valence-corrected chi connectivity index (χ3v) is 6.07. The molecule has 1 aliphatic carbocycles. The van der Waals surface area contributed by atoms with Crippen molar-refractivity contribution >= 4 is 11.6 Å². The number of hydrogen-bond acceptors (Lipinski definition) is 3. The summed E-state index contributed by atoms with van der Waals surface area (Å²) in [5, 5.41) is 4.42. The third kappa shape index (κ3) is 6.22. The minimum Gasteiger partial charge on any atom is -0.488 e. The lowest BCUT2D eigenvalue weighted by molar-refractivity contribution is 0.0954. The summed E-state index contributed by atoms with van der Waals surface area (Å²) in [6.07, 6.45) is 8.83. The normalized spacial score (nSPS) is 14.1. The summed E-state index contributed by atoms with van der Waals surface area (Å²) in [6.45, 7) is 2.64. The molecule has 0 unspecified atom stereocenters. The Hall–Kier alpha value is -3.66. The molecule has 1 amide bonds. The molecule has 0 saturated heterocycles. The summed E-state index contributed by atoms with van der Waals surface area (Å²) in [6, 6.07) is 25.8. The fourth-order valence-electron chi connectivity index (χ4n) is 4.15. The third-order valence-electron chi connectivity index (χ3n) is 6.07. The fourth-order valence-corrected chi connectivity index (χ4v) is 4.15. The molecule has 3 aromatic rings. The highest BCUT2D eigenvalue weighted by molar-refractivity contribution is 6.03. The van der Waals surface area contributed by atoms with Crippen molar-refractivity contribution in [2.24, 2.45) is 5.10 Å². The van der Waals surface area contributed by atoms with Gasteiger partial charge in [0.25, 0.3) is 5.91 Å². The minimum absolute atomic E-state index is 0.186. The van der Waals surface area contributed by atoms with E-state index in [1.54, 1.807) is 0 Å². The molecule has 4 heteroatoms. The Labute approximate surface area is 202 Å². The van der Waals surface area contributed by atoms with E-state index >= 15 is 0 Å². The lowest BCUT2D eigenvalue weighted by atomic mass is 10.0. The molecule has 0 aliphatic heterocycles. The van der Waals surface area contributed by atoms with E-state index in [1.807, 2.05) is 60.7 Å². The van der Waals surface area contributed by atoms with Gasteiger partial charge in [0.2, 0.25) is 0 Å². The van der Waals surface area contributed by atoms with Gasteiger partial charge in [-0.1, -0.05) is 86.5 Å². The molecule has 1 aliphatic rings. The largest absolute Gasteiger partial charge is 0.488 e. The number of amides is 1. The van der Waals surface area contributed by atoms with Gasteiger partial charge in [-0.05, 0) is 60.6 Å². The number of carbonyl (C=O) groups is 1. The first-order chi connectivity index (χ1) is 16.7. The zero-order valence-electron chi connectivity index (χ0n) is 19.8. The highest BCUT2D eigenvalue weighted by Crippen LogP contribution is 2.30. The van der Waals surface area contributed by atoms with Crippen molar-refractivity contribution in [2.75, 3.05) is 0 Å². The number of benzene rings is 3. The smallest absolute Gasteiger partial charge is 0.271 e. The van der Waals surface area contributed by atoms with Crippen LogP contribution in [0.1, 0.15) is 61.4 Å². The van der Waals surface area contributed by atoms with Crippen LogP contribution in [0.15, 0.2) is 95.6 Å². The van der Waals surface area contributed by atoms with Gasteiger partial charge in [-0.3, -0.25) is 4.79 Å².